The standard InChI is InChI=1S/C8H10BrNO4/c9-5(1-4-8(13)14)10-6(11)2-3-7(10)12/h5H,1-4H2,(H,13,14). The molecule has 0 spiro atoms. The number of amides is 2. The second-order valence-electron chi connectivity index (χ2n) is 3.02. The predicted octanol–water partition coefficient (Wildman–Crippen LogP) is 0.721. The van der Waals surface area contributed by atoms with Crippen molar-refractivity contribution in [2.45, 2.75) is 30.6 Å². The first-order valence-corrected chi connectivity index (χ1v) is 5.14. The molecule has 5 nitrogen and oxygen atoms in total. The van der Waals surface area contributed by atoms with Crippen molar-refractivity contribution >= 4 is 33.7 Å². The van der Waals surface area contributed by atoms with Gasteiger partial charge in [-0.1, -0.05) is 15.9 Å². The Morgan fingerprint density at radius 3 is 2.36 bits per heavy atom. The zero-order valence-corrected chi connectivity index (χ0v) is 8.99. The van der Waals surface area contributed by atoms with Crippen LogP contribution in [0.25, 0.3) is 0 Å². The zero-order chi connectivity index (χ0) is 10.7. The summed E-state index contributed by atoms with van der Waals surface area (Å²) in [4.78, 5) is 33.3. The molecule has 1 unspecified atom stereocenters. The summed E-state index contributed by atoms with van der Waals surface area (Å²) in [5.74, 6) is -1.40. The summed E-state index contributed by atoms with van der Waals surface area (Å²) in [5, 5.41) is 8.43. The molecule has 14 heavy (non-hydrogen) atoms. The Morgan fingerprint density at radius 1 is 1.43 bits per heavy atom. The van der Waals surface area contributed by atoms with E-state index in [1.54, 1.807) is 0 Å². The number of alkyl halides is 1. The van der Waals surface area contributed by atoms with Crippen molar-refractivity contribution in [1.29, 1.82) is 0 Å². The Morgan fingerprint density at radius 2 is 1.93 bits per heavy atom. The minimum atomic E-state index is -0.937. The van der Waals surface area contributed by atoms with Crippen LogP contribution >= 0.6 is 15.9 Å². The first-order valence-electron chi connectivity index (χ1n) is 4.23. The number of carbonyl (C=O) groups excluding carboxylic acids is 2. The lowest BCUT2D eigenvalue weighted by atomic mass is 10.3. The number of hydrogen-bond acceptors (Lipinski definition) is 3. The molecule has 6 heteroatoms. The molecule has 1 heterocycles. The van der Waals surface area contributed by atoms with Crippen LogP contribution in [0.4, 0.5) is 0 Å². The molecule has 78 valence electrons. The maximum atomic E-state index is 11.2. The van der Waals surface area contributed by atoms with Gasteiger partial charge in [0.05, 0.1) is 4.95 Å². The molecule has 1 saturated heterocycles. The van der Waals surface area contributed by atoms with Gasteiger partial charge in [0, 0.05) is 19.3 Å². The smallest absolute Gasteiger partial charge is 0.303 e. The number of rotatable bonds is 4. The van der Waals surface area contributed by atoms with Gasteiger partial charge in [-0.2, -0.15) is 0 Å². The Hall–Kier alpha value is -0.910. The summed E-state index contributed by atoms with van der Waals surface area (Å²) >= 11 is 3.13. The molecule has 1 aliphatic heterocycles. The third kappa shape index (κ3) is 2.54. The van der Waals surface area contributed by atoms with E-state index in [2.05, 4.69) is 15.9 Å². The summed E-state index contributed by atoms with van der Waals surface area (Å²) in [5.41, 5.74) is 0. The number of aliphatic carboxylic acids is 1. The van der Waals surface area contributed by atoms with E-state index in [0.29, 0.717) is 0 Å². The molecule has 0 saturated carbocycles. The molecule has 0 radical (unpaired) electrons. The van der Waals surface area contributed by atoms with Crippen LogP contribution in [0.15, 0.2) is 0 Å². The lowest BCUT2D eigenvalue weighted by Gasteiger charge is -2.19. The maximum absolute atomic E-state index is 11.2. The molecule has 1 rings (SSSR count). The largest absolute Gasteiger partial charge is 0.481 e. The summed E-state index contributed by atoms with van der Waals surface area (Å²) in [6.07, 6.45) is 0.641. The fourth-order valence-electron chi connectivity index (χ4n) is 1.28. The van der Waals surface area contributed by atoms with Crippen LogP contribution in [0.3, 0.4) is 0 Å². The predicted molar refractivity (Wildman–Crippen MR) is 50.7 cm³/mol. The summed E-state index contributed by atoms with van der Waals surface area (Å²) in [6, 6.07) is 0. The van der Waals surface area contributed by atoms with Crippen LogP contribution in [0.5, 0.6) is 0 Å². The van der Waals surface area contributed by atoms with E-state index in [9.17, 15) is 14.4 Å². The Kier molecular flexibility index (Phi) is 3.62. The van der Waals surface area contributed by atoms with Crippen LogP contribution < -0.4 is 0 Å². The molecule has 0 bridgehead atoms. The monoisotopic (exact) mass is 263 g/mol. The van der Waals surface area contributed by atoms with Crippen LogP contribution in [0, 0.1) is 0 Å². The second kappa shape index (κ2) is 4.54. The van der Waals surface area contributed by atoms with Gasteiger partial charge in [-0.05, 0) is 6.42 Å². The molecule has 0 aromatic rings. The Balaban J connectivity index is 2.50. The van der Waals surface area contributed by atoms with Crippen molar-refractivity contribution in [3.63, 3.8) is 0 Å². The number of likely N-dealkylation sites (tertiary alicyclic amines) is 1. The van der Waals surface area contributed by atoms with Crippen molar-refractivity contribution in [2.24, 2.45) is 0 Å². The number of carbonyl (C=O) groups is 3. The quantitative estimate of drug-likeness (QED) is 0.461. The topological polar surface area (TPSA) is 74.7 Å². The van der Waals surface area contributed by atoms with Crippen molar-refractivity contribution in [1.82, 2.24) is 4.90 Å². The van der Waals surface area contributed by atoms with Crippen molar-refractivity contribution in [3.05, 3.63) is 0 Å². The maximum Gasteiger partial charge on any atom is 0.303 e. The van der Waals surface area contributed by atoms with Gasteiger partial charge in [0.1, 0.15) is 0 Å². The Labute approximate surface area is 89.2 Å². The fourth-order valence-corrected chi connectivity index (χ4v) is 1.96. The summed E-state index contributed by atoms with van der Waals surface area (Å²) in [6.45, 7) is 0. The van der Waals surface area contributed by atoms with E-state index in [0.717, 1.165) is 4.90 Å². The average molecular weight is 264 g/mol. The highest BCUT2D eigenvalue weighted by atomic mass is 79.9. The van der Waals surface area contributed by atoms with Crippen molar-refractivity contribution in [2.75, 3.05) is 0 Å². The highest BCUT2D eigenvalue weighted by molar-refractivity contribution is 9.09. The van der Waals surface area contributed by atoms with E-state index in [1.807, 2.05) is 0 Å². The van der Waals surface area contributed by atoms with Gasteiger partial charge in [-0.15, -0.1) is 0 Å². The van der Waals surface area contributed by atoms with Gasteiger partial charge < -0.3 is 5.11 Å². The van der Waals surface area contributed by atoms with Gasteiger partial charge in [0.15, 0.2) is 0 Å². The van der Waals surface area contributed by atoms with Crippen molar-refractivity contribution < 1.29 is 19.5 Å². The SMILES string of the molecule is O=C(O)CCC(Br)N1C(=O)CCC1=O. The number of carboxylic acid groups (broad SMARTS) is 1. The van der Waals surface area contributed by atoms with E-state index < -0.39 is 10.9 Å². The van der Waals surface area contributed by atoms with E-state index in [4.69, 9.17) is 5.11 Å². The lowest BCUT2D eigenvalue weighted by Crippen LogP contribution is -2.35. The summed E-state index contributed by atoms with van der Waals surface area (Å²) < 4.78 is 0. The minimum Gasteiger partial charge on any atom is -0.481 e. The average Bonchev–Trinajstić information content (AvgIpc) is 2.42. The molecular weight excluding hydrogens is 254 g/mol. The number of imide groups is 1. The third-order valence-corrected chi connectivity index (χ3v) is 2.83. The van der Waals surface area contributed by atoms with Crippen LogP contribution in [-0.4, -0.2) is 32.7 Å². The highest BCUT2D eigenvalue weighted by Crippen LogP contribution is 2.22. The van der Waals surface area contributed by atoms with E-state index in [1.165, 1.54) is 0 Å². The molecule has 0 aliphatic carbocycles. The molecular formula is C8H10BrNO4. The summed E-state index contributed by atoms with van der Waals surface area (Å²) in [7, 11) is 0. The fraction of sp³-hybridized carbons (Fsp3) is 0.625. The number of halogens is 1. The first-order chi connectivity index (χ1) is 6.52. The second-order valence-corrected chi connectivity index (χ2v) is 4.08. The van der Waals surface area contributed by atoms with Gasteiger partial charge in [-0.3, -0.25) is 19.3 Å². The first kappa shape index (κ1) is 11.2. The van der Waals surface area contributed by atoms with Crippen LogP contribution in [0.1, 0.15) is 25.7 Å². The molecule has 0 aromatic heterocycles. The van der Waals surface area contributed by atoms with E-state index >= 15 is 0 Å². The molecule has 1 aliphatic rings. The van der Waals surface area contributed by atoms with Gasteiger partial charge in [-0.25, -0.2) is 0 Å². The molecule has 1 N–H and O–H groups in total. The number of hydrogen-bond donors (Lipinski definition) is 1. The van der Waals surface area contributed by atoms with Crippen LogP contribution in [0.2, 0.25) is 0 Å². The van der Waals surface area contributed by atoms with Gasteiger partial charge >= 0.3 is 5.97 Å². The molecule has 2 amide bonds. The normalized spacial score (nSPS) is 18.8. The zero-order valence-electron chi connectivity index (χ0n) is 7.40. The third-order valence-electron chi connectivity index (χ3n) is 1.97. The minimum absolute atomic E-state index is 0.0625. The van der Waals surface area contributed by atoms with E-state index in [-0.39, 0.29) is 37.5 Å². The Bertz CT molecular complexity index is 263. The van der Waals surface area contributed by atoms with Crippen LogP contribution in [-0.2, 0) is 14.4 Å². The van der Waals surface area contributed by atoms with Gasteiger partial charge in [0.25, 0.3) is 0 Å². The highest BCUT2D eigenvalue weighted by Gasteiger charge is 2.33. The number of nitrogens with zero attached hydrogens (tertiary/aromatic N) is 1. The molecule has 1 fully saturated rings. The van der Waals surface area contributed by atoms with Gasteiger partial charge in [0.2, 0.25) is 11.8 Å². The lowest BCUT2D eigenvalue weighted by molar-refractivity contribution is -0.141. The molecule has 0 aromatic carbocycles. The molecule has 1 atom stereocenters. The number of carboxylic acids is 1. The van der Waals surface area contributed by atoms with Crippen molar-refractivity contribution in [3.8, 4) is 0 Å².